The van der Waals surface area contributed by atoms with Crippen LogP contribution in [0.3, 0.4) is 0 Å². The number of rotatable bonds is 6. The molecule has 2 aromatic carbocycles. The van der Waals surface area contributed by atoms with Crippen LogP contribution in [0.5, 0.6) is 0 Å². The third-order valence-electron chi connectivity index (χ3n) is 4.82. The highest BCUT2D eigenvalue weighted by molar-refractivity contribution is 6.37. The van der Waals surface area contributed by atoms with Gasteiger partial charge in [-0.3, -0.25) is 9.59 Å². The summed E-state index contributed by atoms with van der Waals surface area (Å²) in [6, 6.07) is 11.8. The van der Waals surface area contributed by atoms with Crippen molar-refractivity contribution in [1.82, 2.24) is 5.32 Å². The minimum atomic E-state index is -0.486. The normalized spacial score (nSPS) is 15.6. The van der Waals surface area contributed by atoms with Gasteiger partial charge in [-0.05, 0) is 61.4 Å². The second-order valence-electron chi connectivity index (χ2n) is 7.15. The molecule has 2 N–H and O–H groups in total. The minimum absolute atomic E-state index is 0.0185. The lowest BCUT2D eigenvalue weighted by molar-refractivity contribution is -0.126. The van der Waals surface area contributed by atoms with Gasteiger partial charge in [0.1, 0.15) is 6.21 Å². The van der Waals surface area contributed by atoms with E-state index in [0.29, 0.717) is 10.7 Å². The van der Waals surface area contributed by atoms with Crippen LogP contribution in [0.4, 0.5) is 5.69 Å². The van der Waals surface area contributed by atoms with Gasteiger partial charge in [0, 0.05) is 0 Å². The SMILES string of the molecule is Cc1cc(C)c(NC(=O)/C=N\OCC(=O)N[C@H]2CCCc3ccccc32)c(Cl)c1. The van der Waals surface area contributed by atoms with Gasteiger partial charge in [0.25, 0.3) is 11.8 Å². The van der Waals surface area contributed by atoms with Crippen molar-refractivity contribution >= 4 is 35.3 Å². The molecule has 0 unspecified atom stereocenters. The summed E-state index contributed by atoms with van der Waals surface area (Å²) in [5, 5.41) is 9.67. The lowest BCUT2D eigenvalue weighted by Crippen LogP contribution is -2.33. The molecule has 0 aromatic heterocycles. The maximum absolute atomic E-state index is 12.1. The molecule has 0 spiro atoms. The predicted octanol–water partition coefficient (Wildman–Crippen LogP) is 4.09. The van der Waals surface area contributed by atoms with Gasteiger partial charge in [-0.15, -0.1) is 0 Å². The molecule has 0 aliphatic heterocycles. The van der Waals surface area contributed by atoms with E-state index in [1.807, 2.05) is 38.1 Å². The van der Waals surface area contributed by atoms with Crippen LogP contribution in [0.15, 0.2) is 41.6 Å². The van der Waals surface area contributed by atoms with Gasteiger partial charge in [0.2, 0.25) is 0 Å². The Hall–Kier alpha value is -2.86. The fraction of sp³-hybridized carbons (Fsp3) is 0.318. The van der Waals surface area contributed by atoms with Gasteiger partial charge in [0.05, 0.1) is 16.8 Å². The first-order valence-electron chi connectivity index (χ1n) is 9.54. The predicted molar refractivity (Wildman–Crippen MR) is 114 cm³/mol. The molecule has 0 saturated carbocycles. The Kier molecular flexibility index (Phi) is 6.88. The number of carbonyl (C=O) groups is 2. The zero-order valence-corrected chi connectivity index (χ0v) is 17.3. The number of nitrogens with zero attached hydrogens (tertiary/aromatic N) is 1. The molecule has 6 nitrogen and oxygen atoms in total. The van der Waals surface area contributed by atoms with Crippen molar-refractivity contribution < 1.29 is 14.4 Å². The average molecular weight is 414 g/mol. The number of carbonyl (C=O) groups excluding carboxylic acids is 2. The largest absolute Gasteiger partial charge is 0.386 e. The molecular weight excluding hydrogens is 390 g/mol. The van der Waals surface area contributed by atoms with E-state index in [0.717, 1.165) is 42.2 Å². The first-order chi connectivity index (χ1) is 13.9. The van der Waals surface area contributed by atoms with E-state index < -0.39 is 5.91 Å². The van der Waals surface area contributed by atoms with E-state index in [1.54, 1.807) is 6.07 Å². The van der Waals surface area contributed by atoms with E-state index in [9.17, 15) is 9.59 Å². The Morgan fingerprint density at radius 1 is 1.28 bits per heavy atom. The van der Waals surface area contributed by atoms with E-state index in [4.69, 9.17) is 16.4 Å². The molecule has 1 atom stereocenters. The van der Waals surface area contributed by atoms with Gasteiger partial charge in [-0.25, -0.2) is 0 Å². The lowest BCUT2D eigenvalue weighted by atomic mass is 9.88. The topological polar surface area (TPSA) is 79.8 Å². The molecule has 2 aromatic rings. The maximum atomic E-state index is 12.1. The van der Waals surface area contributed by atoms with Crippen molar-refractivity contribution in [3.05, 3.63) is 63.7 Å². The fourth-order valence-corrected chi connectivity index (χ4v) is 3.92. The zero-order chi connectivity index (χ0) is 20.8. The first kappa shape index (κ1) is 20.9. The standard InChI is InChI=1S/C22H24ClN3O3/c1-14-10-15(2)22(18(23)11-14)26-20(27)12-24-29-13-21(28)25-19-9-5-7-16-6-3-4-8-17(16)19/h3-4,6,8,10-12,19H,5,7,9,13H2,1-2H3,(H,25,28)(H,26,27)/b24-12-/t19-/m0/s1. The Bertz CT molecular complexity index is 920. The van der Waals surface area contributed by atoms with Gasteiger partial charge in [-0.1, -0.05) is 47.1 Å². The molecule has 29 heavy (non-hydrogen) atoms. The second kappa shape index (κ2) is 9.56. The Morgan fingerprint density at radius 3 is 2.86 bits per heavy atom. The highest BCUT2D eigenvalue weighted by Crippen LogP contribution is 2.29. The zero-order valence-electron chi connectivity index (χ0n) is 16.5. The highest BCUT2D eigenvalue weighted by Gasteiger charge is 2.21. The van der Waals surface area contributed by atoms with E-state index in [2.05, 4.69) is 21.9 Å². The Balaban J connectivity index is 1.47. The van der Waals surface area contributed by atoms with Gasteiger partial charge in [-0.2, -0.15) is 0 Å². The summed E-state index contributed by atoms with van der Waals surface area (Å²) < 4.78 is 0. The van der Waals surface area contributed by atoms with Crippen molar-refractivity contribution in [2.75, 3.05) is 11.9 Å². The number of anilines is 1. The van der Waals surface area contributed by atoms with Crippen molar-refractivity contribution in [3.63, 3.8) is 0 Å². The number of fused-ring (bicyclic) bond motifs is 1. The van der Waals surface area contributed by atoms with Gasteiger partial charge >= 0.3 is 0 Å². The molecular formula is C22H24ClN3O3. The number of amides is 2. The summed E-state index contributed by atoms with van der Waals surface area (Å²) in [6.45, 7) is 3.53. The maximum Gasteiger partial charge on any atom is 0.270 e. The van der Waals surface area contributed by atoms with E-state index >= 15 is 0 Å². The Labute approximate surface area is 175 Å². The summed E-state index contributed by atoms with van der Waals surface area (Å²) in [7, 11) is 0. The quantitative estimate of drug-likeness (QED) is 0.552. The van der Waals surface area contributed by atoms with Gasteiger partial charge in [0.15, 0.2) is 6.61 Å². The number of benzene rings is 2. The van der Waals surface area contributed by atoms with Crippen molar-refractivity contribution in [1.29, 1.82) is 0 Å². The second-order valence-corrected chi connectivity index (χ2v) is 7.55. The van der Waals surface area contributed by atoms with Crippen LogP contribution in [0.1, 0.15) is 41.1 Å². The number of halogens is 1. The highest BCUT2D eigenvalue weighted by atomic mass is 35.5. The molecule has 1 aliphatic rings. The van der Waals surface area contributed by atoms with Crippen LogP contribution >= 0.6 is 11.6 Å². The van der Waals surface area contributed by atoms with Crippen LogP contribution in [-0.2, 0) is 20.8 Å². The van der Waals surface area contributed by atoms with Crippen LogP contribution in [0, 0.1) is 13.8 Å². The number of oxime groups is 1. The van der Waals surface area contributed by atoms with E-state index in [1.165, 1.54) is 5.56 Å². The lowest BCUT2D eigenvalue weighted by Gasteiger charge is -2.26. The molecule has 0 heterocycles. The molecule has 0 bridgehead atoms. The molecule has 2 amide bonds. The molecule has 1 aliphatic carbocycles. The van der Waals surface area contributed by atoms with E-state index in [-0.39, 0.29) is 18.6 Å². The third kappa shape index (κ3) is 5.57. The van der Waals surface area contributed by atoms with Crippen LogP contribution in [0.25, 0.3) is 0 Å². The van der Waals surface area contributed by atoms with Crippen LogP contribution in [-0.4, -0.2) is 24.6 Å². The molecule has 0 fully saturated rings. The number of aryl methyl sites for hydroxylation is 3. The first-order valence-corrected chi connectivity index (χ1v) is 9.92. The van der Waals surface area contributed by atoms with Crippen molar-refractivity contribution in [2.45, 2.75) is 39.2 Å². The summed E-state index contributed by atoms with van der Waals surface area (Å²) in [6.07, 6.45) is 3.94. The monoisotopic (exact) mass is 413 g/mol. The smallest absolute Gasteiger partial charge is 0.270 e. The van der Waals surface area contributed by atoms with Crippen molar-refractivity contribution in [2.24, 2.45) is 5.16 Å². The fourth-order valence-electron chi connectivity index (χ4n) is 3.55. The number of hydrogen-bond donors (Lipinski definition) is 2. The molecule has 7 heteroatoms. The number of nitrogens with one attached hydrogen (secondary N) is 2. The molecule has 0 saturated heterocycles. The minimum Gasteiger partial charge on any atom is -0.386 e. The summed E-state index contributed by atoms with van der Waals surface area (Å²) >= 11 is 6.17. The van der Waals surface area contributed by atoms with Crippen LogP contribution in [0.2, 0.25) is 5.02 Å². The molecule has 152 valence electrons. The molecule has 3 rings (SSSR count). The summed E-state index contributed by atoms with van der Waals surface area (Å²) in [4.78, 5) is 29.1. The number of hydrogen-bond acceptors (Lipinski definition) is 4. The third-order valence-corrected chi connectivity index (χ3v) is 5.12. The Morgan fingerprint density at radius 2 is 2.07 bits per heavy atom. The summed E-state index contributed by atoms with van der Waals surface area (Å²) in [5.74, 6) is -0.762. The summed E-state index contributed by atoms with van der Waals surface area (Å²) in [5.41, 5.74) is 4.81. The van der Waals surface area contributed by atoms with Gasteiger partial charge < -0.3 is 15.5 Å². The average Bonchev–Trinajstić information content (AvgIpc) is 2.68. The van der Waals surface area contributed by atoms with Crippen molar-refractivity contribution in [3.8, 4) is 0 Å². The van der Waals surface area contributed by atoms with Crippen LogP contribution < -0.4 is 10.6 Å². The molecule has 0 radical (unpaired) electrons.